The van der Waals surface area contributed by atoms with Gasteiger partial charge in [0.2, 0.25) is 0 Å². The van der Waals surface area contributed by atoms with Gasteiger partial charge in [-0.05, 0) is 50.1 Å². The molecular formula is C15H27N3. The second-order valence-electron chi connectivity index (χ2n) is 5.99. The van der Waals surface area contributed by atoms with Crippen molar-refractivity contribution in [3.63, 3.8) is 0 Å². The molecule has 3 unspecified atom stereocenters. The fourth-order valence-corrected chi connectivity index (χ4v) is 3.39. The van der Waals surface area contributed by atoms with E-state index in [9.17, 15) is 0 Å². The third-order valence-corrected chi connectivity index (χ3v) is 4.42. The molecule has 1 aliphatic carbocycles. The van der Waals surface area contributed by atoms with E-state index in [1.807, 2.05) is 17.9 Å². The first-order chi connectivity index (χ1) is 8.69. The van der Waals surface area contributed by atoms with Crippen molar-refractivity contribution in [2.24, 2.45) is 18.9 Å². The predicted octanol–water partition coefficient (Wildman–Crippen LogP) is 2.77. The van der Waals surface area contributed by atoms with Crippen molar-refractivity contribution in [1.82, 2.24) is 15.1 Å². The summed E-state index contributed by atoms with van der Waals surface area (Å²) in [5.41, 5.74) is 1.36. The zero-order chi connectivity index (χ0) is 13.0. The lowest BCUT2D eigenvalue weighted by Gasteiger charge is -2.33. The molecule has 1 heterocycles. The van der Waals surface area contributed by atoms with Gasteiger partial charge in [0.15, 0.2) is 0 Å². The van der Waals surface area contributed by atoms with Crippen LogP contribution < -0.4 is 5.32 Å². The lowest BCUT2D eigenvalue weighted by atomic mass is 9.77. The summed E-state index contributed by atoms with van der Waals surface area (Å²) in [6.45, 7) is 2.40. The molecule has 0 saturated heterocycles. The van der Waals surface area contributed by atoms with Crippen LogP contribution in [0.15, 0.2) is 12.4 Å². The Kier molecular flexibility index (Phi) is 4.81. The molecule has 1 saturated carbocycles. The van der Waals surface area contributed by atoms with E-state index in [4.69, 9.17) is 0 Å². The van der Waals surface area contributed by atoms with Gasteiger partial charge in [-0.1, -0.05) is 19.8 Å². The molecule has 0 radical (unpaired) electrons. The highest BCUT2D eigenvalue weighted by Gasteiger charge is 2.25. The van der Waals surface area contributed by atoms with Crippen LogP contribution >= 0.6 is 0 Å². The summed E-state index contributed by atoms with van der Waals surface area (Å²) in [6, 6.07) is 0.674. The van der Waals surface area contributed by atoms with Gasteiger partial charge in [-0.3, -0.25) is 4.68 Å². The van der Waals surface area contributed by atoms with Gasteiger partial charge in [0.05, 0.1) is 6.20 Å². The van der Waals surface area contributed by atoms with Crippen molar-refractivity contribution < 1.29 is 0 Å². The molecule has 1 N–H and O–H groups in total. The van der Waals surface area contributed by atoms with Crippen LogP contribution in [0.25, 0.3) is 0 Å². The second-order valence-corrected chi connectivity index (χ2v) is 5.99. The van der Waals surface area contributed by atoms with Crippen LogP contribution in [0.3, 0.4) is 0 Å². The normalized spacial score (nSPS) is 26.2. The molecule has 1 fully saturated rings. The van der Waals surface area contributed by atoms with Crippen LogP contribution in [0, 0.1) is 11.8 Å². The van der Waals surface area contributed by atoms with E-state index in [1.54, 1.807) is 0 Å². The summed E-state index contributed by atoms with van der Waals surface area (Å²) in [5.74, 6) is 1.79. The molecule has 1 aliphatic rings. The van der Waals surface area contributed by atoms with E-state index in [2.05, 4.69) is 30.6 Å². The molecule has 3 heteroatoms. The number of hydrogen-bond acceptors (Lipinski definition) is 2. The monoisotopic (exact) mass is 249 g/mol. The molecular weight excluding hydrogens is 222 g/mol. The molecule has 1 aromatic heterocycles. The Morgan fingerprint density at radius 1 is 1.50 bits per heavy atom. The maximum atomic E-state index is 4.24. The Hall–Kier alpha value is -0.830. The topological polar surface area (TPSA) is 29.9 Å². The van der Waals surface area contributed by atoms with Gasteiger partial charge in [0, 0.05) is 19.3 Å². The number of rotatable bonds is 5. The van der Waals surface area contributed by atoms with E-state index < -0.39 is 0 Å². The van der Waals surface area contributed by atoms with Crippen LogP contribution in [-0.4, -0.2) is 22.9 Å². The maximum Gasteiger partial charge on any atom is 0.0521 e. The number of nitrogens with one attached hydrogen (secondary N) is 1. The number of nitrogens with zero attached hydrogens (tertiary/aromatic N) is 2. The molecule has 1 aromatic rings. The first-order valence-corrected chi connectivity index (χ1v) is 7.34. The second kappa shape index (κ2) is 6.37. The Balaban J connectivity index is 1.84. The van der Waals surface area contributed by atoms with Crippen LogP contribution in [0.2, 0.25) is 0 Å². The van der Waals surface area contributed by atoms with Gasteiger partial charge in [0.25, 0.3) is 0 Å². The molecule has 0 bridgehead atoms. The van der Waals surface area contributed by atoms with E-state index in [0.29, 0.717) is 6.04 Å². The predicted molar refractivity (Wildman–Crippen MR) is 75.5 cm³/mol. The van der Waals surface area contributed by atoms with Crippen molar-refractivity contribution in [1.29, 1.82) is 0 Å². The average molecular weight is 249 g/mol. The van der Waals surface area contributed by atoms with Crippen LogP contribution in [0.4, 0.5) is 0 Å². The summed E-state index contributed by atoms with van der Waals surface area (Å²) in [6.07, 6.45) is 12.2. The van der Waals surface area contributed by atoms with E-state index >= 15 is 0 Å². The quantitative estimate of drug-likeness (QED) is 0.869. The Labute approximate surface area is 111 Å². The molecule has 3 nitrogen and oxygen atoms in total. The summed E-state index contributed by atoms with van der Waals surface area (Å²) in [4.78, 5) is 0. The lowest BCUT2D eigenvalue weighted by Crippen LogP contribution is -2.36. The van der Waals surface area contributed by atoms with Crippen LogP contribution in [0.5, 0.6) is 0 Å². The first-order valence-electron chi connectivity index (χ1n) is 7.34. The highest BCUT2D eigenvalue weighted by molar-refractivity contribution is 5.04. The Morgan fingerprint density at radius 3 is 2.94 bits per heavy atom. The van der Waals surface area contributed by atoms with E-state index in [-0.39, 0.29) is 0 Å². The van der Waals surface area contributed by atoms with E-state index in [1.165, 1.54) is 37.7 Å². The SMILES string of the molecule is CNC(CCc1cnn(C)c1)C1CCCC(C)C1. The standard InChI is InChI=1S/C15H27N3/c1-12-5-4-6-14(9-12)15(16-2)8-7-13-10-17-18(3)11-13/h10-12,14-16H,4-9H2,1-3H3. The molecule has 0 amide bonds. The zero-order valence-corrected chi connectivity index (χ0v) is 12.0. The van der Waals surface area contributed by atoms with Crippen molar-refractivity contribution in [3.8, 4) is 0 Å². The number of aryl methyl sites for hydroxylation is 2. The summed E-state index contributed by atoms with van der Waals surface area (Å²) < 4.78 is 1.90. The lowest BCUT2D eigenvalue weighted by molar-refractivity contribution is 0.221. The molecule has 18 heavy (non-hydrogen) atoms. The van der Waals surface area contributed by atoms with Gasteiger partial charge in [-0.15, -0.1) is 0 Å². The minimum atomic E-state index is 0.674. The van der Waals surface area contributed by atoms with Crippen molar-refractivity contribution in [2.45, 2.75) is 51.5 Å². The number of aromatic nitrogens is 2. The largest absolute Gasteiger partial charge is 0.317 e. The van der Waals surface area contributed by atoms with Gasteiger partial charge in [-0.2, -0.15) is 5.10 Å². The molecule has 0 spiro atoms. The van der Waals surface area contributed by atoms with Crippen molar-refractivity contribution in [3.05, 3.63) is 18.0 Å². The van der Waals surface area contributed by atoms with Gasteiger partial charge in [-0.25, -0.2) is 0 Å². The molecule has 0 aliphatic heterocycles. The molecule has 2 rings (SSSR count). The summed E-state index contributed by atoms with van der Waals surface area (Å²) in [7, 11) is 4.11. The smallest absolute Gasteiger partial charge is 0.0521 e. The molecule has 102 valence electrons. The van der Waals surface area contributed by atoms with Crippen LogP contribution in [-0.2, 0) is 13.5 Å². The fraction of sp³-hybridized carbons (Fsp3) is 0.800. The molecule has 3 atom stereocenters. The third kappa shape index (κ3) is 3.58. The minimum absolute atomic E-state index is 0.674. The Morgan fingerprint density at radius 2 is 2.33 bits per heavy atom. The minimum Gasteiger partial charge on any atom is -0.317 e. The van der Waals surface area contributed by atoms with E-state index in [0.717, 1.165) is 18.3 Å². The summed E-state index contributed by atoms with van der Waals surface area (Å²) in [5, 5.41) is 7.78. The highest BCUT2D eigenvalue weighted by Crippen LogP contribution is 2.32. The highest BCUT2D eigenvalue weighted by atomic mass is 15.2. The zero-order valence-electron chi connectivity index (χ0n) is 12.0. The average Bonchev–Trinajstić information content (AvgIpc) is 2.76. The maximum absolute atomic E-state index is 4.24. The molecule has 0 aromatic carbocycles. The Bertz CT molecular complexity index is 358. The van der Waals surface area contributed by atoms with Gasteiger partial charge < -0.3 is 5.32 Å². The summed E-state index contributed by atoms with van der Waals surface area (Å²) >= 11 is 0. The number of hydrogen-bond donors (Lipinski definition) is 1. The van der Waals surface area contributed by atoms with Gasteiger partial charge in [0.1, 0.15) is 0 Å². The fourth-order valence-electron chi connectivity index (χ4n) is 3.39. The van der Waals surface area contributed by atoms with Crippen molar-refractivity contribution in [2.75, 3.05) is 7.05 Å². The first kappa shape index (κ1) is 13.6. The van der Waals surface area contributed by atoms with Crippen LogP contribution in [0.1, 0.15) is 44.6 Å². The van der Waals surface area contributed by atoms with Crippen molar-refractivity contribution >= 4 is 0 Å². The van der Waals surface area contributed by atoms with Gasteiger partial charge >= 0.3 is 0 Å². The third-order valence-electron chi connectivity index (χ3n) is 4.42.